The Kier molecular flexibility index (Phi) is 4.29. The van der Waals surface area contributed by atoms with Gasteiger partial charge in [0.05, 0.1) is 29.5 Å². The highest BCUT2D eigenvalue weighted by Gasteiger charge is 2.13. The van der Waals surface area contributed by atoms with Gasteiger partial charge >= 0.3 is 0 Å². The molecule has 106 valence electrons. The summed E-state index contributed by atoms with van der Waals surface area (Å²) in [6.45, 7) is 6.56. The van der Waals surface area contributed by atoms with Crippen molar-refractivity contribution < 1.29 is 4.79 Å². The second-order valence-corrected chi connectivity index (χ2v) is 4.48. The van der Waals surface area contributed by atoms with Gasteiger partial charge in [-0.15, -0.1) is 0 Å². The Morgan fingerprint density at radius 3 is 2.65 bits per heavy atom. The largest absolute Gasteiger partial charge is 0.369 e. The SMILES string of the molecule is CCCNc1cnc(C(=O)Nc2c(C)n[nH]c2C)cn1. The van der Waals surface area contributed by atoms with Gasteiger partial charge in [0.2, 0.25) is 0 Å². The van der Waals surface area contributed by atoms with Crippen LogP contribution in [0.5, 0.6) is 0 Å². The zero-order valence-corrected chi connectivity index (χ0v) is 11.8. The monoisotopic (exact) mass is 274 g/mol. The van der Waals surface area contributed by atoms with E-state index in [1.165, 1.54) is 6.20 Å². The van der Waals surface area contributed by atoms with E-state index in [9.17, 15) is 4.79 Å². The van der Waals surface area contributed by atoms with E-state index >= 15 is 0 Å². The van der Waals surface area contributed by atoms with Gasteiger partial charge in [0, 0.05) is 6.54 Å². The Morgan fingerprint density at radius 1 is 1.30 bits per heavy atom. The highest BCUT2D eigenvalue weighted by Crippen LogP contribution is 2.16. The number of aromatic amines is 1. The number of carbonyl (C=O) groups excluding carboxylic acids is 1. The van der Waals surface area contributed by atoms with Gasteiger partial charge in [-0.3, -0.25) is 9.89 Å². The topological polar surface area (TPSA) is 95.6 Å². The van der Waals surface area contributed by atoms with Crippen LogP contribution in [-0.4, -0.2) is 32.6 Å². The molecule has 2 rings (SSSR count). The highest BCUT2D eigenvalue weighted by atomic mass is 16.1. The van der Waals surface area contributed by atoms with Gasteiger partial charge < -0.3 is 10.6 Å². The first kappa shape index (κ1) is 14.0. The van der Waals surface area contributed by atoms with E-state index in [0.717, 1.165) is 24.4 Å². The molecule has 0 atom stereocenters. The Morgan fingerprint density at radius 2 is 2.10 bits per heavy atom. The highest BCUT2D eigenvalue weighted by molar-refractivity contribution is 6.03. The maximum absolute atomic E-state index is 12.1. The third-order valence-electron chi connectivity index (χ3n) is 2.81. The van der Waals surface area contributed by atoms with Crippen LogP contribution < -0.4 is 10.6 Å². The summed E-state index contributed by atoms with van der Waals surface area (Å²) in [5.74, 6) is 0.367. The lowest BCUT2D eigenvalue weighted by Gasteiger charge is -2.06. The molecule has 0 aliphatic carbocycles. The van der Waals surface area contributed by atoms with Crippen LogP contribution in [0.1, 0.15) is 35.2 Å². The zero-order chi connectivity index (χ0) is 14.5. The van der Waals surface area contributed by atoms with E-state index in [2.05, 4.69) is 37.7 Å². The number of nitrogens with zero attached hydrogens (tertiary/aromatic N) is 3. The summed E-state index contributed by atoms with van der Waals surface area (Å²) in [5, 5.41) is 12.7. The van der Waals surface area contributed by atoms with Gasteiger partial charge in [0.15, 0.2) is 0 Å². The average Bonchev–Trinajstić information content (AvgIpc) is 2.77. The predicted octanol–water partition coefficient (Wildman–Crippen LogP) is 1.89. The van der Waals surface area contributed by atoms with Crippen LogP contribution in [0.2, 0.25) is 0 Å². The molecule has 0 fully saturated rings. The van der Waals surface area contributed by atoms with E-state index < -0.39 is 0 Å². The number of rotatable bonds is 5. The van der Waals surface area contributed by atoms with Crippen molar-refractivity contribution in [3.63, 3.8) is 0 Å². The predicted molar refractivity (Wildman–Crippen MR) is 76.8 cm³/mol. The average molecular weight is 274 g/mol. The summed E-state index contributed by atoms with van der Waals surface area (Å²) in [5.41, 5.74) is 2.51. The molecule has 7 heteroatoms. The molecular weight excluding hydrogens is 256 g/mol. The molecule has 0 radical (unpaired) electrons. The van der Waals surface area contributed by atoms with Gasteiger partial charge in [0.1, 0.15) is 11.5 Å². The number of hydrogen-bond donors (Lipinski definition) is 3. The molecule has 0 unspecified atom stereocenters. The summed E-state index contributed by atoms with van der Waals surface area (Å²) in [6, 6.07) is 0. The molecule has 3 N–H and O–H groups in total. The lowest BCUT2D eigenvalue weighted by Crippen LogP contribution is -2.15. The first-order valence-corrected chi connectivity index (χ1v) is 6.50. The van der Waals surface area contributed by atoms with E-state index in [4.69, 9.17) is 0 Å². The minimum absolute atomic E-state index is 0.270. The van der Waals surface area contributed by atoms with Crippen LogP contribution >= 0.6 is 0 Å². The molecule has 0 saturated carbocycles. The van der Waals surface area contributed by atoms with Crippen molar-refractivity contribution in [3.05, 3.63) is 29.5 Å². The second-order valence-electron chi connectivity index (χ2n) is 4.48. The normalized spacial score (nSPS) is 10.3. The molecule has 0 saturated heterocycles. The number of H-pyrrole nitrogens is 1. The van der Waals surface area contributed by atoms with Gasteiger partial charge in [-0.05, 0) is 20.3 Å². The lowest BCUT2D eigenvalue weighted by atomic mass is 10.3. The minimum atomic E-state index is -0.299. The van der Waals surface area contributed by atoms with E-state index in [-0.39, 0.29) is 11.6 Å². The third kappa shape index (κ3) is 3.11. The van der Waals surface area contributed by atoms with Crippen molar-refractivity contribution in [2.45, 2.75) is 27.2 Å². The summed E-state index contributed by atoms with van der Waals surface area (Å²) in [4.78, 5) is 20.3. The zero-order valence-electron chi connectivity index (χ0n) is 11.8. The van der Waals surface area contributed by atoms with Crippen LogP contribution in [0, 0.1) is 13.8 Å². The van der Waals surface area contributed by atoms with Gasteiger partial charge in [-0.1, -0.05) is 6.92 Å². The molecule has 2 aromatic rings. The molecule has 7 nitrogen and oxygen atoms in total. The fourth-order valence-corrected chi connectivity index (χ4v) is 1.70. The molecule has 0 spiro atoms. The van der Waals surface area contributed by atoms with Crippen LogP contribution in [0.25, 0.3) is 0 Å². The first-order chi connectivity index (χ1) is 9.61. The lowest BCUT2D eigenvalue weighted by molar-refractivity contribution is 0.102. The Hall–Kier alpha value is -2.44. The van der Waals surface area contributed by atoms with Crippen LogP contribution in [0.3, 0.4) is 0 Å². The summed E-state index contributed by atoms with van der Waals surface area (Å²) >= 11 is 0. The van der Waals surface area contributed by atoms with Gasteiger partial charge in [-0.25, -0.2) is 9.97 Å². The quantitative estimate of drug-likeness (QED) is 0.773. The first-order valence-electron chi connectivity index (χ1n) is 6.50. The Bertz CT molecular complexity index is 570. The Labute approximate surface area is 117 Å². The number of nitrogens with one attached hydrogen (secondary N) is 3. The molecule has 2 aromatic heterocycles. The second kappa shape index (κ2) is 6.14. The number of aryl methyl sites for hydroxylation is 2. The van der Waals surface area contributed by atoms with Gasteiger partial charge in [0.25, 0.3) is 5.91 Å². The summed E-state index contributed by atoms with van der Waals surface area (Å²) in [7, 11) is 0. The number of carbonyl (C=O) groups is 1. The number of hydrogen-bond acceptors (Lipinski definition) is 5. The fourth-order valence-electron chi connectivity index (χ4n) is 1.70. The van der Waals surface area contributed by atoms with E-state index in [0.29, 0.717) is 11.5 Å². The number of anilines is 2. The molecule has 0 aromatic carbocycles. The van der Waals surface area contributed by atoms with Crippen molar-refractivity contribution in [1.82, 2.24) is 20.2 Å². The molecule has 1 amide bonds. The van der Waals surface area contributed by atoms with E-state index in [1.54, 1.807) is 6.20 Å². The summed E-state index contributed by atoms with van der Waals surface area (Å²) < 4.78 is 0. The van der Waals surface area contributed by atoms with Crippen LogP contribution in [0.4, 0.5) is 11.5 Å². The van der Waals surface area contributed by atoms with E-state index in [1.807, 2.05) is 13.8 Å². The molecule has 2 heterocycles. The molecule has 20 heavy (non-hydrogen) atoms. The fraction of sp³-hybridized carbons (Fsp3) is 0.385. The minimum Gasteiger partial charge on any atom is -0.369 e. The van der Waals surface area contributed by atoms with Crippen LogP contribution in [-0.2, 0) is 0 Å². The Balaban J connectivity index is 2.06. The molecule has 0 aliphatic rings. The summed E-state index contributed by atoms with van der Waals surface area (Å²) in [6.07, 6.45) is 4.01. The van der Waals surface area contributed by atoms with Crippen molar-refractivity contribution >= 4 is 17.4 Å². The van der Waals surface area contributed by atoms with Gasteiger partial charge in [-0.2, -0.15) is 5.10 Å². The van der Waals surface area contributed by atoms with Crippen molar-refractivity contribution in [3.8, 4) is 0 Å². The third-order valence-corrected chi connectivity index (χ3v) is 2.81. The van der Waals surface area contributed by atoms with Crippen molar-refractivity contribution in [1.29, 1.82) is 0 Å². The van der Waals surface area contributed by atoms with Crippen molar-refractivity contribution in [2.75, 3.05) is 17.2 Å². The maximum Gasteiger partial charge on any atom is 0.275 e. The maximum atomic E-state index is 12.1. The number of amides is 1. The molecule has 0 bridgehead atoms. The molecular formula is C13H18N6O. The standard InChI is InChI=1S/C13H18N6O/c1-4-5-14-11-7-15-10(6-16-11)13(20)17-12-8(2)18-19-9(12)3/h6-7H,4-5H2,1-3H3,(H,14,16)(H,17,20)(H,18,19). The van der Waals surface area contributed by atoms with Crippen molar-refractivity contribution in [2.24, 2.45) is 0 Å². The van der Waals surface area contributed by atoms with Crippen LogP contribution in [0.15, 0.2) is 12.4 Å². The smallest absolute Gasteiger partial charge is 0.275 e. The molecule has 0 aliphatic heterocycles. The number of aromatic nitrogens is 4.